The molecule has 1 unspecified atom stereocenters. The van der Waals surface area contributed by atoms with Gasteiger partial charge in [-0.3, -0.25) is 19.7 Å². The van der Waals surface area contributed by atoms with E-state index in [4.69, 9.17) is 15.6 Å². The number of thioether (sulfide) groups is 1. The van der Waals surface area contributed by atoms with Gasteiger partial charge in [0.1, 0.15) is 11.8 Å². The molecule has 0 saturated carbocycles. The number of amides is 2. The molecule has 1 atom stereocenters. The molecule has 1 aliphatic rings. The van der Waals surface area contributed by atoms with Gasteiger partial charge < -0.3 is 15.6 Å². The highest BCUT2D eigenvalue weighted by Gasteiger charge is 2.25. The predicted octanol–water partition coefficient (Wildman–Crippen LogP) is 3.04. The second-order valence-electron chi connectivity index (χ2n) is 6.02. The monoisotopic (exact) mass is 420 g/mol. The van der Waals surface area contributed by atoms with Gasteiger partial charge in [-0.25, -0.2) is 4.39 Å². The summed E-state index contributed by atoms with van der Waals surface area (Å²) in [4.78, 5) is 33.7. The summed E-state index contributed by atoms with van der Waals surface area (Å²) < 4.78 is 33.8. The summed E-state index contributed by atoms with van der Waals surface area (Å²) in [5.41, 5.74) is 5.78. The molecule has 0 aromatic heterocycles. The Morgan fingerprint density at radius 1 is 1.17 bits per heavy atom. The van der Waals surface area contributed by atoms with E-state index >= 15 is 0 Å². The van der Waals surface area contributed by atoms with Crippen molar-refractivity contribution in [2.45, 2.75) is 12.5 Å². The van der Waals surface area contributed by atoms with Gasteiger partial charge >= 0.3 is 5.97 Å². The Morgan fingerprint density at radius 3 is 2.45 bits per heavy atom. The third kappa shape index (κ3) is 4.79. The van der Waals surface area contributed by atoms with E-state index in [0.717, 1.165) is 11.8 Å². The van der Waals surface area contributed by atoms with E-state index in [9.17, 15) is 23.2 Å². The first-order valence-corrected chi connectivity index (χ1v) is 9.04. The lowest BCUT2D eigenvalue weighted by atomic mass is 10.1. The van der Waals surface area contributed by atoms with Gasteiger partial charge in [0.25, 0.3) is 11.1 Å². The topological polar surface area (TPSA) is 119 Å². The number of carbonyl (C=O) groups excluding carboxylic acids is 2. The van der Waals surface area contributed by atoms with E-state index in [0.29, 0.717) is 5.56 Å². The lowest BCUT2D eigenvalue weighted by molar-refractivity contribution is -0.138. The molecule has 1 saturated heterocycles. The number of benzene rings is 2. The third-order valence-corrected chi connectivity index (χ3v) is 4.74. The Morgan fingerprint density at radius 2 is 1.86 bits per heavy atom. The molecule has 4 N–H and O–H groups in total. The molecule has 1 heterocycles. The quantitative estimate of drug-likeness (QED) is 0.615. The van der Waals surface area contributed by atoms with Crippen molar-refractivity contribution < 1.29 is 33.0 Å². The molecule has 29 heavy (non-hydrogen) atoms. The maximum atomic E-state index is 14.3. The van der Waals surface area contributed by atoms with Crippen LogP contribution in [0.2, 0.25) is 0 Å². The minimum atomic E-state index is -1.35. The average molecular weight is 420 g/mol. The molecule has 10 heteroatoms. The molecular formula is C19H14F2N2O5S. The zero-order valence-electron chi connectivity index (χ0n) is 14.6. The van der Waals surface area contributed by atoms with Gasteiger partial charge in [-0.15, -0.1) is 0 Å². The highest BCUT2D eigenvalue weighted by atomic mass is 32.2. The fourth-order valence-electron chi connectivity index (χ4n) is 2.46. The molecule has 7 nitrogen and oxygen atoms in total. The van der Waals surface area contributed by atoms with Crippen LogP contribution in [0.15, 0.2) is 41.3 Å². The van der Waals surface area contributed by atoms with Crippen LogP contribution in [0.5, 0.6) is 11.5 Å². The standard InChI is InChI=1S/C19H14F2N2O5S/c20-15-10(8-12(22)18(25)26)3-6-13(16(15)21)28-11-4-1-9(2-5-11)7-14-17(24)23-19(27)29-14/h1-7,12H,8,22H2,(H,25,26)(H,23,24,27). The van der Waals surface area contributed by atoms with Crippen LogP contribution in [0, 0.1) is 11.6 Å². The fraction of sp³-hybridized carbons (Fsp3) is 0.105. The number of halogens is 2. The number of hydrogen-bond donors (Lipinski definition) is 3. The van der Waals surface area contributed by atoms with Crippen LogP contribution < -0.4 is 15.8 Å². The van der Waals surface area contributed by atoms with Crippen molar-refractivity contribution >= 4 is 35.0 Å². The number of ether oxygens (including phenoxy) is 1. The second kappa shape index (κ2) is 8.41. The highest BCUT2D eigenvalue weighted by Crippen LogP contribution is 2.30. The maximum absolute atomic E-state index is 14.3. The van der Waals surface area contributed by atoms with Gasteiger partial charge in [0.2, 0.25) is 5.82 Å². The van der Waals surface area contributed by atoms with E-state index < -0.39 is 34.8 Å². The van der Waals surface area contributed by atoms with Crippen molar-refractivity contribution in [2.24, 2.45) is 5.73 Å². The summed E-state index contributed by atoms with van der Waals surface area (Å²) in [5, 5.41) is 10.5. The van der Waals surface area contributed by atoms with Gasteiger partial charge in [-0.05, 0) is 47.2 Å². The number of aliphatic carboxylic acids is 1. The van der Waals surface area contributed by atoms with Crippen LogP contribution in [0.4, 0.5) is 13.6 Å². The fourth-order valence-corrected chi connectivity index (χ4v) is 3.15. The number of imide groups is 1. The van der Waals surface area contributed by atoms with Crippen molar-refractivity contribution in [2.75, 3.05) is 0 Å². The Bertz CT molecular complexity index is 1020. The molecule has 3 rings (SSSR count). The summed E-state index contributed by atoms with van der Waals surface area (Å²) in [5.74, 6) is -4.46. The Balaban J connectivity index is 1.74. The second-order valence-corrected chi connectivity index (χ2v) is 7.04. The number of nitrogens with one attached hydrogen (secondary N) is 1. The smallest absolute Gasteiger partial charge is 0.320 e. The van der Waals surface area contributed by atoms with Crippen molar-refractivity contribution in [3.8, 4) is 11.5 Å². The summed E-state index contributed by atoms with van der Waals surface area (Å²) >= 11 is 0.779. The molecule has 1 aliphatic heterocycles. The molecule has 0 radical (unpaired) electrons. The van der Waals surface area contributed by atoms with Crippen molar-refractivity contribution in [3.63, 3.8) is 0 Å². The molecule has 2 aromatic carbocycles. The third-order valence-electron chi connectivity index (χ3n) is 3.93. The number of nitrogens with two attached hydrogens (primary N) is 1. The number of hydrogen-bond acceptors (Lipinski definition) is 6. The van der Waals surface area contributed by atoms with Crippen LogP contribution >= 0.6 is 11.8 Å². The molecule has 0 bridgehead atoms. The van der Waals surface area contributed by atoms with Crippen LogP contribution in [-0.2, 0) is 16.0 Å². The molecule has 1 fully saturated rings. The average Bonchev–Trinajstić information content (AvgIpc) is 2.99. The van der Waals surface area contributed by atoms with E-state index in [1.165, 1.54) is 30.3 Å². The molecule has 2 amide bonds. The first-order valence-electron chi connectivity index (χ1n) is 8.22. The van der Waals surface area contributed by atoms with Gasteiger partial charge in [0.15, 0.2) is 11.6 Å². The lowest BCUT2D eigenvalue weighted by Crippen LogP contribution is -2.32. The first-order chi connectivity index (χ1) is 13.7. The number of carbonyl (C=O) groups is 3. The van der Waals surface area contributed by atoms with Crippen LogP contribution in [0.3, 0.4) is 0 Å². The summed E-state index contributed by atoms with van der Waals surface area (Å²) in [6.07, 6.45) is 1.14. The van der Waals surface area contributed by atoms with Gasteiger partial charge in [0, 0.05) is 6.42 Å². The number of carboxylic acid groups (broad SMARTS) is 1. The maximum Gasteiger partial charge on any atom is 0.320 e. The summed E-state index contributed by atoms with van der Waals surface area (Å²) in [6.45, 7) is 0. The molecule has 150 valence electrons. The van der Waals surface area contributed by atoms with Crippen LogP contribution in [0.25, 0.3) is 6.08 Å². The van der Waals surface area contributed by atoms with E-state index in [1.807, 2.05) is 0 Å². The zero-order valence-corrected chi connectivity index (χ0v) is 15.5. The minimum absolute atomic E-state index is 0.173. The summed E-state index contributed by atoms with van der Waals surface area (Å²) in [7, 11) is 0. The van der Waals surface area contributed by atoms with Crippen molar-refractivity contribution in [1.29, 1.82) is 0 Å². The Hall–Kier alpha value is -3.24. The summed E-state index contributed by atoms with van der Waals surface area (Å²) in [6, 6.07) is 7.16. The largest absolute Gasteiger partial charge is 0.480 e. The van der Waals surface area contributed by atoms with Gasteiger partial charge in [0.05, 0.1) is 4.91 Å². The van der Waals surface area contributed by atoms with Crippen LogP contribution in [-0.4, -0.2) is 28.3 Å². The lowest BCUT2D eigenvalue weighted by Gasteiger charge is -2.11. The van der Waals surface area contributed by atoms with Gasteiger partial charge in [-0.1, -0.05) is 18.2 Å². The minimum Gasteiger partial charge on any atom is -0.480 e. The zero-order chi connectivity index (χ0) is 21.1. The molecule has 2 aromatic rings. The van der Waals surface area contributed by atoms with Gasteiger partial charge in [-0.2, -0.15) is 4.39 Å². The first kappa shape index (κ1) is 20.5. The number of rotatable bonds is 6. The molecule has 0 aliphatic carbocycles. The SMILES string of the molecule is NC(Cc1ccc(Oc2ccc(C=C3SC(=O)NC3=O)cc2)c(F)c1F)C(=O)O. The van der Waals surface area contributed by atoms with E-state index in [1.54, 1.807) is 12.1 Å². The van der Waals surface area contributed by atoms with E-state index in [-0.39, 0.29) is 28.4 Å². The van der Waals surface area contributed by atoms with Crippen molar-refractivity contribution in [3.05, 3.63) is 64.1 Å². The molecular weight excluding hydrogens is 406 g/mol. The van der Waals surface area contributed by atoms with Crippen LogP contribution in [0.1, 0.15) is 11.1 Å². The highest BCUT2D eigenvalue weighted by molar-refractivity contribution is 8.18. The predicted molar refractivity (Wildman–Crippen MR) is 101 cm³/mol. The van der Waals surface area contributed by atoms with Crippen molar-refractivity contribution in [1.82, 2.24) is 5.32 Å². The normalized spacial score (nSPS) is 16.0. The molecule has 0 spiro atoms. The van der Waals surface area contributed by atoms with E-state index in [2.05, 4.69) is 5.32 Å². The Kier molecular flexibility index (Phi) is 5.95. The Labute approximate surface area is 167 Å². The number of carboxylic acids is 1.